The first kappa shape index (κ1) is 14.7. The fraction of sp³-hybridized carbons (Fsp3) is 0.692. The topological polar surface area (TPSA) is 72.9 Å². The van der Waals surface area contributed by atoms with Crippen molar-refractivity contribution in [1.82, 2.24) is 15.1 Å². The van der Waals surface area contributed by atoms with E-state index in [1.807, 2.05) is 19.9 Å². The van der Waals surface area contributed by atoms with Gasteiger partial charge in [-0.1, -0.05) is 20.3 Å². The molecule has 3 N–H and O–H groups in total. The quantitative estimate of drug-likeness (QED) is 0.768. The number of hydrogen-bond donors (Lipinski definition) is 2. The molecule has 0 radical (unpaired) electrons. The maximum Gasteiger partial charge on any atom is 0.269 e. The Morgan fingerprint density at radius 1 is 1.50 bits per heavy atom. The highest BCUT2D eigenvalue weighted by Gasteiger charge is 2.16. The lowest BCUT2D eigenvalue weighted by molar-refractivity contribution is 0.0925. The fourth-order valence-corrected chi connectivity index (χ4v) is 1.92. The van der Waals surface area contributed by atoms with E-state index in [2.05, 4.69) is 17.3 Å². The highest BCUT2D eigenvalue weighted by atomic mass is 16.2. The van der Waals surface area contributed by atoms with E-state index in [0.29, 0.717) is 18.8 Å². The van der Waals surface area contributed by atoms with Crippen LogP contribution in [0.1, 0.15) is 49.8 Å². The summed E-state index contributed by atoms with van der Waals surface area (Å²) in [5.74, 6) is -0.0760. The second kappa shape index (κ2) is 7.16. The third-order valence-corrected chi connectivity index (χ3v) is 2.98. The molecule has 0 saturated heterocycles. The molecule has 1 unspecified atom stereocenters. The smallest absolute Gasteiger partial charge is 0.269 e. The minimum atomic E-state index is -0.0760. The molecule has 5 heteroatoms. The van der Waals surface area contributed by atoms with Crippen molar-refractivity contribution in [3.63, 3.8) is 0 Å². The number of aromatic nitrogens is 2. The first-order valence-electron chi connectivity index (χ1n) is 6.73. The second-order valence-electron chi connectivity index (χ2n) is 4.38. The van der Waals surface area contributed by atoms with E-state index in [1.165, 1.54) is 0 Å². The van der Waals surface area contributed by atoms with Gasteiger partial charge in [0.2, 0.25) is 0 Å². The molecule has 0 aliphatic carbocycles. The summed E-state index contributed by atoms with van der Waals surface area (Å²) in [6.07, 6.45) is 2.75. The SMILES string of the molecule is CCCC(CN)NC(=O)c1cc(CC)nn1CC. The molecule has 18 heavy (non-hydrogen) atoms. The third kappa shape index (κ3) is 3.57. The average molecular weight is 252 g/mol. The van der Waals surface area contributed by atoms with Crippen molar-refractivity contribution in [1.29, 1.82) is 0 Å². The van der Waals surface area contributed by atoms with Gasteiger partial charge >= 0.3 is 0 Å². The van der Waals surface area contributed by atoms with Gasteiger partial charge in [-0.05, 0) is 25.8 Å². The minimum absolute atomic E-state index is 0.0489. The molecular formula is C13H24N4O. The lowest BCUT2D eigenvalue weighted by Gasteiger charge is -2.16. The van der Waals surface area contributed by atoms with E-state index in [0.717, 1.165) is 25.0 Å². The molecule has 1 atom stereocenters. The van der Waals surface area contributed by atoms with Gasteiger partial charge < -0.3 is 11.1 Å². The lowest BCUT2D eigenvalue weighted by atomic mass is 10.1. The molecule has 1 aromatic rings. The van der Waals surface area contributed by atoms with Crippen molar-refractivity contribution in [2.75, 3.05) is 6.54 Å². The number of nitrogens with zero attached hydrogens (tertiary/aromatic N) is 2. The molecule has 0 saturated carbocycles. The predicted octanol–water partition coefficient (Wildman–Crippen LogP) is 1.32. The van der Waals surface area contributed by atoms with Crippen molar-refractivity contribution in [3.8, 4) is 0 Å². The van der Waals surface area contributed by atoms with Crippen LogP contribution in [-0.2, 0) is 13.0 Å². The molecule has 1 heterocycles. The van der Waals surface area contributed by atoms with E-state index in [-0.39, 0.29) is 11.9 Å². The fourth-order valence-electron chi connectivity index (χ4n) is 1.92. The van der Waals surface area contributed by atoms with E-state index in [4.69, 9.17) is 5.73 Å². The van der Waals surface area contributed by atoms with Crippen LogP contribution in [0.25, 0.3) is 0 Å². The normalized spacial score (nSPS) is 12.4. The van der Waals surface area contributed by atoms with Gasteiger partial charge in [0, 0.05) is 19.1 Å². The Morgan fingerprint density at radius 3 is 2.72 bits per heavy atom. The minimum Gasteiger partial charge on any atom is -0.347 e. The largest absolute Gasteiger partial charge is 0.347 e. The Labute approximate surface area is 109 Å². The number of carbonyl (C=O) groups excluding carboxylic acids is 1. The van der Waals surface area contributed by atoms with Crippen molar-refractivity contribution in [2.45, 2.75) is 52.6 Å². The van der Waals surface area contributed by atoms with E-state index >= 15 is 0 Å². The van der Waals surface area contributed by atoms with Crippen LogP contribution in [0.3, 0.4) is 0 Å². The van der Waals surface area contributed by atoms with Crippen LogP contribution in [0.4, 0.5) is 0 Å². The Morgan fingerprint density at radius 2 is 2.22 bits per heavy atom. The number of carbonyl (C=O) groups is 1. The number of aryl methyl sites for hydroxylation is 2. The zero-order valence-corrected chi connectivity index (χ0v) is 11.6. The van der Waals surface area contributed by atoms with E-state index in [1.54, 1.807) is 4.68 Å². The monoisotopic (exact) mass is 252 g/mol. The van der Waals surface area contributed by atoms with Crippen molar-refractivity contribution in [2.24, 2.45) is 5.73 Å². The third-order valence-electron chi connectivity index (χ3n) is 2.98. The lowest BCUT2D eigenvalue weighted by Crippen LogP contribution is -2.40. The van der Waals surface area contributed by atoms with Gasteiger partial charge in [0.1, 0.15) is 5.69 Å². The van der Waals surface area contributed by atoms with Gasteiger partial charge in [-0.15, -0.1) is 0 Å². The van der Waals surface area contributed by atoms with Crippen LogP contribution >= 0.6 is 0 Å². The van der Waals surface area contributed by atoms with Gasteiger partial charge in [0.25, 0.3) is 5.91 Å². The summed E-state index contributed by atoms with van der Waals surface area (Å²) in [5.41, 5.74) is 7.22. The van der Waals surface area contributed by atoms with Crippen LogP contribution < -0.4 is 11.1 Å². The highest BCUT2D eigenvalue weighted by molar-refractivity contribution is 5.92. The van der Waals surface area contributed by atoms with E-state index < -0.39 is 0 Å². The van der Waals surface area contributed by atoms with Crippen molar-refractivity contribution < 1.29 is 4.79 Å². The summed E-state index contributed by atoms with van der Waals surface area (Å²) in [6.45, 7) is 7.27. The summed E-state index contributed by atoms with van der Waals surface area (Å²) in [6, 6.07) is 1.91. The Balaban J connectivity index is 2.79. The van der Waals surface area contributed by atoms with Gasteiger partial charge in [-0.25, -0.2) is 0 Å². The number of rotatable bonds is 7. The van der Waals surface area contributed by atoms with Gasteiger partial charge in [-0.2, -0.15) is 5.10 Å². The molecule has 1 rings (SSSR count). The number of nitrogens with one attached hydrogen (secondary N) is 1. The van der Waals surface area contributed by atoms with Gasteiger partial charge in [0.15, 0.2) is 0 Å². The van der Waals surface area contributed by atoms with Crippen LogP contribution in [0, 0.1) is 0 Å². The number of nitrogens with two attached hydrogens (primary N) is 1. The molecule has 0 fully saturated rings. The zero-order valence-electron chi connectivity index (χ0n) is 11.6. The maximum atomic E-state index is 12.2. The Bertz CT molecular complexity index is 386. The number of hydrogen-bond acceptors (Lipinski definition) is 3. The summed E-state index contributed by atoms with van der Waals surface area (Å²) in [4.78, 5) is 12.2. The van der Waals surface area contributed by atoms with Gasteiger partial charge in [0.05, 0.1) is 5.69 Å². The standard InChI is InChI=1S/C13H24N4O/c1-4-7-11(9-14)15-13(18)12-8-10(5-2)16-17(12)6-3/h8,11H,4-7,9,14H2,1-3H3,(H,15,18). The highest BCUT2D eigenvalue weighted by Crippen LogP contribution is 2.06. The first-order chi connectivity index (χ1) is 8.65. The van der Waals surface area contributed by atoms with Crippen molar-refractivity contribution >= 4 is 5.91 Å². The molecule has 0 aliphatic rings. The molecular weight excluding hydrogens is 228 g/mol. The Hall–Kier alpha value is -1.36. The summed E-state index contributed by atoms with van der Waals surface area (Å²) in [5, 5.41) is 7.34. The first-order valence-corrected chi connectivity index (χ1v) is 6.73. The summed E-state index contributed by atoms with van der Waals surface area (Å²) in [7, 11) is 0. The van der Waals surface area contributed by atoms with Crippen LogP contribution in [0.15, 0.2) is 6.07 Å². The van der Waals surface area contributed by atoms with Gasteiger partial charge in [-0.3, -0.25) is 9.48 Å². The Kier molecular flexibility index (Phi) is 5.85. The van der Waals surface area contributed by atoms with Crippen LogP contribution in [-0.4, -0.2) is 28.3 Å². The molecule has 0 spiro atoms. The van der Waals surface area contributed by atoms with E-state index in [9.17, 15) is 4.79 Å². The maximum absolute atomic E-state index is 12.2. The molecule has 5 nitrogen and oxygen atoms in total. The van der Waals surface area contributed by atoms with Crippen LogP contribution in [0.2, 0.25) is 0 Å². The second-order valence-corrected chi connectivity index (χ2v) is 4.38. The molecule has 102 valence electrons. The van der Waals surface area contributed by atoms with Crippen LogP contribution in [0.5, 0.6) is 0 Å². The molecule has 0 aliphatic heterocycles. The number of amides is 1. The summed E-state index contributed by atoms with van der Waals surface area (Å²) < 4.78 is 1.74. The predicted molar refractivity (Wildman–Crippen MR) is 72.5 cm³/mol. The average Bonchev–Trinajstić information content (AvgIpc) is 2.81. The molecule has 0 aromatic carbocycles. The van der Waals surface area contributed by atoms with Crippen molar-refractivity contribution in [3.05, 3.63) is 17.5 Å². The molecule has 1 amide bonds. The summed E-state index contributed by atoms with van der Waals surface area (Å²) >= 11 is 0. The molecule has 1 aromatic heterocycles. The zero-order chi connectivity index (χ0) is 13.5. The molecule has 0 bridgehead atoms.